The van der Waals surface area contributed by atoms with E-state index in [2.05, 4.69) is 10.6 Å². The predicted molar refractivity (Wildman–Crippen MR) is 75.9 cm³/mol. The molecule has 6 nitrogen and oxygen atoms in total. The van der Waals surface area contributed by atoms with Crippen LogP contribution in [0.2, 0.25) is 0 Å². The molecular formula is C15H16N2O4. The normalized spacial score (nSPS) is 11.7. The number of carboxylic acids is 1. The third-order valence-electron chi connectivity index (χ3n) is 2.94. The van der Waals surface area contributed by atoms with Crippen molar-refractivity contribution >= 4 is 12.0 Å². The number of amides is 2. The molecule has 0 aliphatic heterocycles. The number of benzene rings is 1. The van der Waals surface area contributed by atoms with Gasteiger partial charge in [0.2, 0.25) is 5.76 Å². The van der Waals surface area contributed by atoms with Gasteiger partial charge in [0.15, 0.2) is 0 Å². The molecule has 2 aromatic rings. The summed E-state index contributed by atoms with van der Waals surface area (Å²) in [7, 11) is 0. The maximum atomic E-state index is 11.8. The van der Waals surface area contributed by atoms with Gasteiger partial charge in [0.1, 0.15) is 5.76 Å². The van der Waals surface area contributed by atoms with Gasteiger partial charge in [0.05, 0.1) is 12.6 Å². The van der Waals surface area contributed by atoms with E-state index in [9.17, 15) is 9.59 Å². The molecule has 0 saturated carbocycles. The highest BCUT2D eigenvalue weighted by Crippen LogP contribution is 2.11. The van der Waals surface area contributed by atoms with Crippen molar-refractivity contribution in [2.24, 2.45) is 0 Å². The quantitative estimate of drug-likeness (QED) is 0.788. The van der Waals surface area contributed by atoms with E-state index in [0.717, 1.165) is 5.56 Å². The summed E-state index contributed by atoms with van der Waals surface area (Å²) in [5, 5.41) is 14.1. The lowest BCUT2D eigenvalue weighted by molar-refractivity contribution is 0.0660. The van der Waals surface area contributed by atoms with Gasteiger partial charge in [-0.05, 0) is 24.6 Å². The van der Waals surface area contributed by atoms with Crippen molar-refractivity contribution < 1.29 is 19.1 Å². The van der Waals surface area contributed by atoms with Crippen LogP contribution in [0.25, 0.3) is 0 Å². The number of rotatable bonds is 5. The third kappa shape index (κ3) is 4.10. The smallest absolute Gasteiger partial charge is 0.371 e. The molecule has 0 spiro atoms. The van der Waals surface area contributed by atoms with E-state index in [4.69, 9.17) is 9.52 Å². The number of furan rings is 1. The molecule has 0 aliphatic carbocycles. The summed E-state index contributed by atoms with van der Waals surface area (Å²) in [6, 6.07) is 12.0. The minimum atomic E-state index is -1.14. The average Bonchev–Trinajstić information content (AvgIpc) is 2.95. The second-order valence-corrected chi connectivity index (χ2v) is 4.53. The number of urea groups is 1. The fraction of sp³-hybridized carbons (Fsp3) is 0.200. The van der Waals surface area contributed by atoms with Crippen LogP contribution in [-0.4, -0.2) is 17.1 Å². The first-order valence-corrected chi connectivity index (χ1v) is 6.47. The molecule has 1 aromatic heterocycles. The van der Waals surface area contributed by atoms with E-state index in [-0.39, 0.29) is 24.4 Å². The summed E-state index contributed by atoms with van der Waals surface area (Å²) >= 11 is 0. The van der Waals surface area contributed by atoms with Crippen LogP contribution in [0.4, 0.5) is 4.79 Å². The second-order valence-electron chi connectivity index (χ2n) is 4.53. The molecule has 1 unspecified atom stereocenters. The van der Waals surface area contributed by atoms with E-state index in [0.29, 0.717) is 5.76 Å². The molecule has 21 heavy (non-hydrogen) atoms. The molecule has 0 fully saturated rings. The summed E-state index contributed by atoms with van der Waals surface area (Å²) in [4.78, 5) is 22.4. The number of hydrogen-bond acceptors (Lipinski definition) is 3. The molecule has 110 valence electrons. The van der Waals surface area contributed by atoms with E-state index in [1.54, 1.807) is 0 Å². The van der Waals surface area contributed by atoms with Crippen LogP contribution in [0.1, 0.15) is 34.8 Å². The molecule has 6 heteroatoms. The van der Waals surface area contributed by atoms with Crippen LogP contribution in [-0.2, 0) is 6.54 Å². The number of nitrogens with one attached hydrogen (secondary N) is 2. The van der Waals surface area contributed by atoms with Crippen LogP contribution in [0.15, 0.2) is 46.9 Å². The third-order valence-corrected chi connectivity index (χ3v) is 2.94. The predicted octanol–water partition coefficient (Wildman–Crippen LogP) is 2.54. The summed E-state index contributed by atoms with van der Waals surface area (Å²) in [5.41, 5.74) is 0.999. The van der Waals surface area contributed by atoms with Crippen LogP contribution < -0.4 is 10.6 Å². The number of hydrogen-bond donors (Lipinski definition) is 3. The Morgan fingerprint density at radius 1 is 1.19 bits per heavy atom. The SMILES string of the molecule is CC(NC(=O)NCc1ccc(C(=O)O)o1)c1ccccc1. The molecular weight excluding hydrogens is 272 g/mol. The van der Waals surface area contributed by atoms with Crippen LogP contribution in [0, 0.1) is 0 Å². The van der Waals surface area contributed by atoms with E-state index < -0.39 is 5.97 Å². The number of carbonyl (C=O) groups excluding carboxylic acids is 1. The van der Waals surface area contributed by atoms with Crippen molar-refractivity contribution in [2.45, 2.75) is 19.5 Å². The first-order valence-electron chi connectivity index (χ1n) is 6.47. The van der Waals surface area contributed by atoms with Crippen LogP contribution >= 0.6 is 0 Å². The van der Waals surface area contributed by atoms with Crippen molar-refractivity contribution in [1.29, 1.82) is 0 Å². The van der Waals surface area contributed by atoms with Crippen molar-refractivity contribution in [1.82, 2.24) is 10.6 Å². The van der Waals surface area contributed by atoms with E-state index in [1.807, 2.05) is 37.3 Å². The van der Waals surface area contributed by atoms with Crippen molar-refractivity contribution in [3.8, 4) is 0 Å². The summed E-state index contributed by atoms with van der Waals surface area (Å²) < 4.78 is 5.04. The Morgan fingerprint density at radius 2 is 1.90 bits per heavy atom. The van der Waals surface area contributed by atoms with Crippen LogP contribution in [0.3, 0.4) is 0 Å². The maximum Gasteiger partial charge on any atom is 0.371 e. The first kappa shape index (κ1) is 14.6. The van der Waals surface area contributed by atoms with Gasteiger partial charge in [-0.1, -0.05) is 30.3 Å². The molecule has 2 amide bonds. The van der Waals surface area contributed by atoms with Gasteiger partial charge in [-0.3, -0.25) is 0 Å². The van der Waals surface area contributed by atoms with Gasteiger partial charge >= 0.3 is 12.0 Å². The molecule has 1 heterocycles. The monoisotopic (exact) mass is 288 g/mol. The molecule has 1 aromatic carbocycles. The number of carboxylic acid groups (broad SMARTS) is 1. The Labute approximate surface area is 121 Å². The zero-order valence-electron chi connectivity index (χ0n) is 11.5. The maximum absolute atomic E-state index is 11.8. The van der Waals surface area contributed by atoms with Crippen molar-refractivity contribution in [3.05, 3.63) is 59.5 Å². The highest BCUT2D eigenvalue weighted by molar-refractivity contribution is 5.84. The summed E-state index contributed by atoms with van der Waals surface area (Å²) in [5.74, 6) is -0.900. The lowest BCUT2D eigenvalue weighted by Crippen LogP contribution is -2.36. The van der Waals surface area contributed by atoms with Gasteiger partial charge < -0.3 is 20.2 Å². The van der Waals surface area contributed by atoms with Gasteiger partial charge in [0, 0.05) is 0 Å². The Hall–Kier alpha value is -2.76. The lowest BCUT2D eigenvalue weighted by atomic mass is 10.1. The molecule has 1 atom stereocenters. The largest absolute Gasteiger partial charge is 0.475 e. The fourth-order valence-electron chi connectivity index (χ4n) is 1.83. The molecule has 0 saturated heterocycles. The van der Waals surface area contributed by atoms with Gasteiger partial charge in [-0.25, -0.2) is 9.59 Å². The zero-order valence-corrected chi connectivity index (χ0v) is 11.5. The van der Waals surface area contributed by atoms with Gasteiger partial charge in [0.25, 0.3) is 0 Å². The Bertz CT molecular complexity index is 622. The van der Waals surface area contributed by atoms with Gasteiger partial charge in [-0.15, -0.1) is 0 Å². The van der Waals surface area contributed by atoms with Crippen molar-refractivity contribution in [3.63, 3.8) is 0 Å². The van der Waals surface area contributed by atoms with Crippen LogP contribution in [0.5, 0.6) is 0 Å². The zero-order chi connectivity index (χ0) is 15.2. The Morgan fingerprint density at radius 3 is 2.52 bits per heavy atom. The number of carbonyl (C=O) groups is 2. The summed E-state index contributed by atoms with van der Waals surface area (Å²) in [6.07, 6.45) is 0. The van der Waals surface area contributed by atoms with E-state index in [1.165, 1.54) is 12.1 Å². The average molecular weight is 288 g/mol. The minimum absolute atomic E-state index is 0.126. The van der Waals surface area contributed by atoms with Crippen molar-refractivity contribution in [2.75, 3.05) is 0 Å². The standard InChI is InChI=1S/C15H16N2O4/c1-10(11-5-3-2-4-6-11)17-15(20)16-9-12-7-8-13(21-12)14(18)19/h2-8,10H,9H2,1H3,(H,18,19)(H2,16,17,20). The Kier molecular flexibility index (Phi) is 4.61. The second kappa shape index (κ2) is 6.60. The fourth-order valence-corrected chi connectivity index (χ4v) is 1.83. The molecule has 2 rings (SSSR count). The number of aromatic carboxylic acids is 1. The summed E-state index contributed by atoms with van der Waals surface area (Å²) in [6.45, 7) is 2.00. The topological polar surface area (TPSA) is 91.6 Å². The minimum Gasteiger partial charge on any atom is -0.475 e. The highest BCUT2D eigenvalue weighted by Gasteiger charge is 2.11. The Balaban J connectivity index is 1.83. The molecule has 0 aliphatic rings. The molecule has 3 N–H and O–H groups in total. The molecule has 0 bridgehead atoms. The lowest BCUT2D eigenvalue weighted by Gasteiger charge is -2.14. The first-order chi connectivity index (χ1) is 10.1. The van der Waals surface area contributed by atoms with E-state index >= 15 is 0 Å². The highest BCUT2D eigenvalue weighted by atomic mass is 16.4. The van der Waals surface area contributed by atoms with Gasteiger partial charge in [-0.2, -0.15) is 0 Å². The molecule has 0 radical (unpaired) electrons.